The van der Waals surface area contributed by atoms with Crippen molar-refractivity contribution in [3.05, 3.63) is 23.5 Å². The lowest BCUT2D eigenvalue weighted by Crippen LogP contribution is -2.11. The number of hydrogen-bond donors (Lipinski definition) is 0. The summed E-state index contributed by atoms with van der Waals surface area (Å²) in [6.07, 6.45) is 3.16. The van der Waals surface area contributed by atoms with Crippen molar-refractivity contribution >= 4 is 0 Å². The monoisotopic (exact) mass is 192 g/mol. The molecule has 0 aliphatic heterocycles. The molecule has 0 atom stereocenters. The average molecular weight is 192 g/mol. The van der Waals surface area contributed by atoms with E-state index in [1.165, 1.54) is 0 Å². The predicted molar refractivity (Wildman–Crippen MR) is 59.2 cm³/mol. The Hall–Kier alpha value is -0.920. The second kappa shape index (κ2) is 4.54. The first-order valence-electron chi connectivity index (χ1n) is 5.33. The van der Waals surface area contributed by atoms with Crippen LogP contribution in [0.15, 0.2) is 12.1 Å². The van der Waals surface area contributed by atoms with Crippen LogP contribution in [0.3, 0.4) is 0 Å². The fourth-order valence-electron chi connectivity index (χ4n) is 1.41. The molecule has 2 heteroatoms. The molecule has 0 fully saturated rings. The zero-order chi connectivity index (χ0) is 10.6. The van der Waals surface area contributed by atoms with Crippen molar-refractivity contribution in [2.24, 2.45) is 5.41 Å². The highest BCUT2D eigenvalue weighted by molar-refractivity contribution is 5.08. The molecule has 1 aromatic rings. The highest BCUT2D eigenvalue weighted by Crippen LogP contribution is 2.18. The average Bonchev–Trinajstić information content (AvgIpc) is 2.06. The first-order valence-corrected chi connectivity index (χ1v) is 5.33. The molecule has 0 spiro atoms. The summed E-state index contributed by atoms with van der Waals surface area (Å²) in [4.78, 5) is 0. The van der Waals surface area contributed by atoms with Gasteiger partial charge < -0.3 is 0 Å². The van der Waals surface area contributed by atoms with Gasteiger partial charge in [0.2, 0.25) is 0 Å². The Kier molecular flexibility index (Phi) is 3.62. The van der Waals surface area contributed by atoms with E-state index in [9.17, 15) is 0 Å². The third-order valence-electron chi connectivity index (χ3n) is 1.99. The summed E-state index contributed by atoms with van der Waals surface area (Å²) >= 11 is 0. The van der Waals surface area contributed by atoms with E-state index in [-0.39, 0.29) is 0 Å². The zero-order valence-corrected chi connectivity index (χ0v) is 9.67. The molecule has 1 aromatic heterocycles. The summed E-state index contributed by atoms with van der Waals surface area (Å²) in [7, 11) is 0. The van der Waals surface area contributed by atoms with Crippen LogP contribution in [-0.2, 0) is 12.8 Å². The summed E-state index contributed by atoms with van der Waals surface area (Å²) in [6, 6.07) is 4.20. The van der Waals surface area contributed by atoms with Gasteiger partial charge in [0.1, 0.15) is 0 Å². The lowest BCUT2D eigenvalue weighted by molar-refractivity contribution is 0.404. The highest BCUT2D eigenvalue weighted by atomic mass is 15.1. The van der Waals surface area contributed by atoms with Gasteiger partial charge in [-0.25, -0.2) is 0 Å². The Morgan fingerprint density at radius 2 is 1.64 bits per heavy atom. The Morgan fingerprint density at radius 1 is 1.07 bits per heavy atom. The van der Waals surface area contributed by atoms with Crippen molar-refractivity contribution in [3.63, 3.8) is 0 Å². The zero-order valence-electron chi connectivity index (χ0n) is 9.67. The number of rotatable bonds is 3. The fraction of sp³-hybridized carbons (Fsp3) is 0.667. The number of aryl methyl sites for hydroxylation is 1. The van der Waals surface area contributed by atoms with E-state index in [0.29, 0.717) is 5.41 Å². The summed E-state index contributed by atoms with van der Waals surface area (Å²) in [5.74, 6) is 0. The molecule has 14 heavy (non-hydrogen) atoms. The molecule has 0 N–H and O–H groups in total. The standard InChI is InChI=1S/C12H20N2/c1-5-6-10-7-8-11(14-13-10)9-12(2,3)4/h7-8H,5-6,9H2,1-4H3. The second-order valence-corrected chi connectivity index (χ2v) is 5.00. The van der Waals surface area contributed by atoms with Crippen LogP contribution in [0.4, 0.5) is 0 Å². The van der Waals surface area contributed by atoms with Gasteiger partial charge in [0.05, 0.1) is 11.4 Å². The molecule has 0 amide bonds. The first kappa shape index (κ1) is 11.2. The molecular weight excluding hydrogens is 172 g/mol. The van der Waals surface area contributed by atoms with Crippen molar-refractivity contribution in [3.8, 4) is 0 Å². The molecule has 0 aliphatic carbocycles. The number of aromatic nitrogens is 2. The summed E-state index contributed by atoms with van der Waals surface area (Å²) in [6.45, 7) is 8.81. The quantitative estimate of drug-likeness (QED) is 0.735. The van der Waals surface area contributed by atoms with Crippen LogP contribution >= 0.6 is 0 Å². The van der Waals surface area contributed by atoms with Crippen molar-refractivity contribution in [2.75, 3.05) is 0 Å². The molecule has 0 saturated carbocycles. The highest BCUT2D eigenvalue weighted by Gasteiger charge is 2.12. The number of hydrogen-bond acceptors (Lipinski definition) is 2. The Morgan fingerprint density at radius 3 is 2.07 bits per heavy atom. The second-order valence-electron chi connectivity index (χ2n) is 5.00. The van der Waals surface area contributed by atoms with Gasteiger partial charge in [-0.1, -0.05) is 34.1 Å². The van der Waals surface area contributed by atoms with Gasteiger partial charge in [-0.05, 0) is 30.4 Å². The smallest absolute Gasteiger partial charge is 0.0636 e. The van der Waals surface area contributed by atoms with E-state index in [4.69, 9.17) is 0 Å². The van der Waals surface area contributed by atoms with E-state index >= 15 is 0 Å². The first-order chi connectivity index (χ1) is 6.51. The molecule has 0 saturated heterocycles. The van der Waals surface area contributed by atoms with Gasteiger partial charge in [-0.15, -0.1) is 0 Å². The van der Waals surface area contributed by atoms with E-state index in [2.05, 4.69) is 50.0 Å². The maximum Gasteiger partial charge on any atom is 0.0636 e. The summed E-state index contributed by atoms with van der Waals surface area (Å²) in [5.41, 5.74) is 2.49. The van der Waals surface area contributed by atoms with Gasteiger partial charge in [-0.3, -0.25) is 0 Å². The predicted octanol–water partition coefficient (Wildman–Crippen LogP) is 3.02. The van der Waals surface area contributed by atoms with E-state index < -0.39 is 0 Å². The topological polar surface area (TPSA) is 25.8 Å². The van der Waals surface area contributed by atoms with E-state index in [1.807, 2.05) is 0 Å². The van der Waals surface area contributed by atoms with Crippen LogP contribution < -0.4 is 0 Å². The Bertz CT molecular complexity index is 269. The lowest BCUT2D eigenvalue weighted by Gasteiger charge is -2.16. The maximum absolute atomic E-state index is 4.23. The van der Waals surface area contributed by atoms with Gasteiger partial charge in [0.15, 0.2) is 0 Å². The van der Waals surface area contributed by atoms with Crippen LogP contribution in [0.25, 0.3) is 0 Å². The molecule has 78 valence electrons. The molecule has 2 nitrogen and oxygen atoms in total. The molecule has 1 rings (SSSR count). The SMILES string of the molecule is CCCc1ccc(CC(C)(C)C)nn1. The number of nitrogens with zero attached hydrogens (tertiary/aromatic N) is 2. The van der Waals surface area contributed by atoms with Crippen molar-refractivity contribution in [1.29, 1.82) is 0 Å². The van der Waals surface area contributed by atoms with Crippen LogP contribution in [-0.4, -0.2) is 10.2 Å². The van der Waals surface area contributed by atoms with Gasteiger partial charge in [-0.2, -0.15) is 10.2 Å². The van der Waals surface area contributed by atoms with Gasteiger partial charge >= 0.3 is 0 Å². The molecule has 0 bridgehead atoms. The summed E-state index contributed by atoms with van der Waals surface area (Å²) in [5, 5.41) is 8.44. The van der Waals surface area contributed by atoms with Crippen molar-refractivity contribution < 1.29 is 0 Å². The molecule has 0 aromatic carbocycles. The molecule has 1 heterocycles. The van der Waals surface area contributed by atoms with Crippen molar-refractivity contribution in [2.45, 2.75) is 47.0 Å². The minimum Gasteiger partial charge on any atom is -0.155 e. The third kappa shape index (κ3) is 3.86. The minimum atomic E-state index is 0.293. The lowest BCUT2D eigenvalue weighted by atomic mass is 9.90. The van der Waals surface area contributed by atoms with E-state index in [1.54, 1.807) is 0 Å². The molecule has 0 radical (unpaired) electrons. The van der Waals surface area contributed by atoms with Crippen LogP contribution in [0, 0.1) is 5.41 Å². The Balaban J connectivity index is 2.64. The fourth-order valence-corrected chi connectivity index (χ4v) is 1.41. The van der Waals surface area contributed by atoms with Crippen LogP contribution in [0.5, 0.6) is 0 Å². The van der Waals surface area contributed by atoms with Crippen LogP contribution in [0.2, 0.25) is 0 Å². The van der Waals surface area contributed by atoms with Gasteiger partial charge in [0.25, 0.3) is 0 Å². The largest absolute Gasteiger partial charge is 0.155 e. The van der Waals surface area contributed by atoms with Gasteiger partial charge in [0, 0.05) is 0 Å². The maximum atomic E-state index is 4.23. The minimum absolute atomic E-state index is 0.293. The Labute approximate surface area is 86.8 Å². The van der Waals surface area contributed by atoms with Crippen LogP contribution in [0.1, 0.15) is 45.5 Å². The normalized spacial score (nSPS) is 11.7. The molecule has 0 unspecified atom stereocenters. The molecular formula is C12H20N2. The summed E-state index contributed by atoms with van der Waals surface area (Å²) < 4.78 is 0. The van der Waals surface area contributed by atoms with Crippen molar-refractivity contribution in [1.82, 2.24) is 10.2 Å². The molecule has 0 aliphatic rings. The van der Waals surface area contributed by atoms with E-state index in [0.717, 1.165) is 30.7 Å². The third-order valence-corrected chi connectivity index (χ3v) is 1.99.